The van der Waals surface area contributed by atoms with Crippen LogP contribution in [0.15, 0.2) is 30.3 Å². The Bertz CT molecular complexity index is 695. The van der Waals surface area contributed by atoms with Crippen molar-refractivity contribution in [1.29, 1.82) is 0 Å². The summed E-state index contributed by atoms with van der Waals surface area (Å²) in [5.74, 6) is 0.372. The molecule has 0 saturated heterocycles. The van der Waals surface area contributed by atoms with Crippen LogP contribution in [0.5, 0.6) is 5.88 Å². The van der Waals surface area contributed by atoms with Crippen molar-refractivity contribution in [2.75, 3.05) is 12.4 Å². The molecule has 4 nitrogen and oxygen atoms in total. The molecule has 1 N–H and O–H groups in total. The highest BCUT2D eigenvalue weighted by atomic mass is 16.5. The van der Waals surface area contributed by atoms with E-state index in [1.165, 1.54) is 0 Å². The summed E-state index contributed by atoms with van der Waals surface area (Å²) < 4.78 is 5.30. The number of hydrogen-bond acceptors (Lipinski definition) is 3. The molecule has 4 heteroatoms. The van der Waals surface area contributed by atoms with Crippen LogP contribution in [0, 0.1) is 6.92 Å². The molecule has 1 aliphatic rings. The van der Waals surface area contributed by atoms with E-state index in [2.05, 4.69) is 10.3 Å². The number of aryl methyl sites for hydroxylation is 1. The number of rotatable bonds is 1. The predicted molar refractivity (Wildman–Crippen MR) is 78.0 cm³/mol. The number of ether oxygens (including phenoxy) is 1. The molecule has 0 radical (unpaired) electrons. The van der Waals surface area contributed by atoms with Crippen LogP contribution >= 0.6 is 0 Å². The summed E-state index contributed by atoms with van der Waals surface area (Å²) in [5, 5.41) is 2.95. The van der Waals surface area contributed by atoms with E-state index < -0.39 is 0 Å². The summed E-state index contributed by atoms with van der Waals surface area (Å²) in [6.45, 7) is 3.82. The van der Waals surface area contributed by atoms with Crippen LogP contribution in [0.1, 0.15) is 24.0 Å². The van der Waals surface area contributed by atoms with Gasteiger partial charge in [0.25, 0.3) is 0 Å². The molecule has 0 bridgehead atoms. The zero-order valence-electron chi connectivity index (χ0n) is 11.7. The minimum atomic E-state index is -0.202. The highest BCUT2D eigenvalue weighted by Crippen LogP contribution is 2.38. The van der Waals surface area contributed by atoms with Crippen LogP contribution < -0.4 is 10.1 Å². The van der Waals surface area contributed by atoms with E-state index in [9.17, 15) is 4.79 Å². The number of aromatic nitrogens is 1. The van der Waals surface area contributed by atoms with Gasteiger partial charge in [-0.25, -0.2) is 4.98 Å². The Labute approximate surface area is 117 Å². The van der Waals surface area contributed by atoms with E-state index >= 15 is 0 Å². The monoisotopic (exact) mass is 268 g/mol. The molecule has 1 aliphatic heterocycles. The van der Waals surface area contributed by atoms with E-state index in [1.807, 2.05) is 44.2 Å². The molecular formula is C16H16N2O2. The summed E-state index contributed by atoms with van der Waals surface area (Å²) in [6, 6.07) is 9.78. The molecule has 0 aliphatic carbocycles. The van der Waals surface area contributed by atoms with Crippen molar-refractivity contribution in [2.45, 2.75) is 19.8 Å². The minimum Gasteiger partial charge on any atom is -0.481 e. The first kappa shape index (κ1) is 12.7. The van der Waals surface area contributed by atoms with E-state index in [-0.39, 0.29) is 11.8 Å². The summed E-state index contributed by atoms with van der Waals surface area (Å²) in [5.41, 5.74) is 4.37. The number of carbonyl (C=O) groups is 1. The van der Waals surface area contributed by atoms with Crippen LogP contribution in [0.25, 0.3) is 11.3 Å². The lowest BCUT2D eigenvalue weighted by atomic mass is 9.94. The lowest BCUT2D eigenvalue weighted by Crippen LogP contribution is -2.17. The van der Waals surface area contributed by atoms with Crippen molar-refractivity contribution in [1.82, 2.24) is 4.98 Å². The van der Waals surface area contributed by atoms with Gasteiger partial charge in [0.1, 0.15) is 0 Å². The molecule has 1 aromatic carbocycles. The minimum absolute atomic E-state index is 0.0115. The maximum Gasteiger partial charge on any atom is 0.231 e. The second-order valence-electron chi connectivity index (χ2n) is 5.01. The van der Waals surface area contributed by atoms with Gasteiger partial charge in [-0.15, -0.1) is 0 Å². The second kappa shape index (κ2) is 4.63. The predicted octanol–water partition coefficient (Wildman–Crippen LogP) is 3.12. The Morgan fingerprint density at radius 1 is 1.30 bits per heavy atom. The maximum atomic E-state index is 12.2. The van der Waals surface area contributed by atoms with Crippen LogP contribution in [0.2, 0.25) is 0 Å². The molecule has 0 saturated carbocycles. The van der Waals surface area contributed by atoms with Crippen molar-refractivity contribution in [3.05, 3.63) is 41.5 Å². The summed E-state index contributed by atoms with van der Waals surface area (Å²) in [4.78, 5) is 16.8. The highest BCUT2D eigenvalue weighted by Gasteiger charge is 2.26. The van der Waals surface area contributed by atoms with Crippen LogP contribution in [0.3, 0.4) is 0 Å². The first-order valence-corrected chi connectivity index (χ1v) is 6.57. The molecule has 2 heterocycles. The summed E-state index contributed by atoms with van der Waals surface area (Å²) in [6.07, 6.45) is 0. The third-order valence-electron chi connectivity index (χ3n) is 3.69. The molecular weight excluding hydrogens is 252 g/mol. The average molecular weight is 268 g/mol. The average Bonchev–Trinajstić information content (AvgIpc) is 2.55. The van der Waals surface area contributed by atoms with E-state index in [0.717, 1.165) is 28.1 Å². The standard InChI is InChI=1S/C16H16N2O2/c1-9-8-13-14(18-16(9)20-3)12-7-5-4-6-11(12)10(2)15(19)17-13/h4-8,10H,1-3H3,(H,17,19). The van der Waals surface area contributed by atoms with Crippen LogP contribution in [-0.4, -0.2) is 18.0 Å². The van der Waals surface area contributed by atoms with E-state index in [4.69, 9.17) is 4.74 Å². The molecule has 20 heavy (non-hydrogen) atoms. The number of anilines is 1. The summed E-state index contributed by atoms with van der Waals surface area (Å²) >= 11 is 0. The number of pyridine rings is 1. The Balaban J connectivity index is 2.32. The Kier molecular flexibility index (Phi) is 2.93. The van der Waals surface area contributed by atoms with Gasteiger partial charge in [0.15, 0.2) is 0 Å². The number of carbonyl (C=O) groups excluding carboxylic acids is 1. The number of nitrogens with one attached hydrogen (secondary N) is 1. The van der Waals surface area contributed by atoms with Gasteiger partial charge in [-0.3, -0.25) is 4.79 Å². The fourth-order valence-corrected chi connectivity index (χ4v) is 2.58. The molecule has 0 spiro atoms. The normalized spacial score (nSPS) is 16.8. The Hall–Kier alpha value is -2.36. The van der Waals surface area contributed by atoms with Crippen molar-refractivity contribution < 1.29 is 9.53 Å². The van der Waals surface area contributed by atoms with Gasteiger partial charge in [0, 0.05) is 11.1 Å². The first-order chi connectivity index (χ1) is 9.61. The maximum absolute atomic E-state index is 12.2. The molecule has 1 unspecified atom stereocenters. The number of fused-ring (bicyclic) bond motifs is 3. The van der Waals surface area contributed by atoms with Gasteiger partial charge in [-0.05, 0) is 25.5 Å². The van der Waals surface area contributed by atoms with Gasteiger partial charge in [-0.2, -0.15) is 0 Å². The molecule has 2 aromatic rings. The largest absolute Gasteiger partial charge is 0.481 e. The van der Waals surface area contributed by atoms with Gasteiger partial charge < -0.3 is 10.1 Å². The second-order valence-corrected chi connectivity index (χ2v) is 5.01. The number of nitrogens with zero attached hydrogens (tertiary/aromatic N) is 1. The molecule has 102 valence electrons. The van der Waals surface area contributed by atoms with E-state index in [1.54, 1.807) is 7.11 Å². The zero-order chi connectivity index (χ0) is 14.3. The van der Waals surface area contributed by atoms with Crippen LogP contribution in [0.4, 0.5) is 5.69 Å². The molecule has 1 atom stereocenters. The molecule has 0 fully saturated rings. The fourth-order valence-electron chi connectivity index (χ4n) is 2.58. The molecule has 1 aromatic heterocycles. The smallest absolute Gasteiger partial charge is 0.231 e. The Morgan fingerprint density at radius 2 is 2.05 bits per heavy atom. The van der Waals surface area contributed by atoms with Crippen molar-refractivity contribution in [3.8, 4) is 17.1 Å². The van der Waals surface area contributed by atoms with Gasteiger partial charge >= 0.3 is 0 Å². The SMILES string of the molecule is COc1nc2c(cc1C)NC(=O)C(C)c1ccccc1-2. The Morgan fingerprint density at radius 3 is 2.80 bits per heavy atom. The third kappa shape index (κ3) is 1.84. The lowest BCUT2D eigenvalue weighted by Gasteiger charge is -2.12. The summed E-state index contributed by atoms with van der Waals surface area (Å²) in [7, 11) is 1.60. The number of methoxy groups -OCH3 is 1. The van der Waals surface area contributed by atoms with Crippen molar-refractivity contribution >= 4 is 11.6 Å². The number of amides is 1. The molecule has 1 amide bonds. The quantitative estimate of drug-likeness (QED) is 0.864. The molecule has 3 rings (SSSR count). The topological polar surface area (TPSA) is 51.2 Å². The number of hydrogen-bond donors (Lipinski definition) is 1. The van der Waals surface area contributed by atoms with Gasteiger partial charge in [0.05, 0.1) is 24.4 Å². The number of benzene rings is 1. The van der Waals surface area contributed by atoms with Crippen molar-refractivity contribution in [2.24, 2.45) is 0 Å². The third-order valence-corrected chi connectivity index (χ3v) is 3.69. The first-order valence-electron chi connectivity index (χ1n) is 6.57. The lowest BCUT2D eigenvalue weighted by molar-refractivity contribution is -0.117. The highest BCUT2D eigenvalue weighted by molar-refractivity contribution is 6.02. The van der Waals surface area contributed by atoms with Crippen LogP contribution in [-0.2, 0) is 4.79 Å². The van der Waals surface area contributed by atoms with Gasteiger partial charge in [-0.1, -0.05) is 24.3 Å². The zero-order valence-corrected chi connectivity index (χ0v) is 11.7. The fraction of sp³-hybridized carbons (Fsp3) is 0.250. The van der Waals surface area contributed by atoms with E-state index in [0.29, 0.717) is 5.88 Å². The van der Waals surface area contributed by atoms with Crippen molar-refractivity contribution in [3.63, 3.8) is 0 Å². The van der Waals surface area contributed by atoms with Gasteiger partial charge in [0.2, 0.25) is 11.8 Å².